The molecule has 1 N–H and O–H groups in total. The van der Waals surface area contributed by atoms with Gasteiger partial charge in [0.1, 0.15) is 0 Å². The number of carbonyl (C=O) groups is 2. The number of nitrogens with one attached hydrogen (secondary N) is 1. The maximum atomic E-state index is 13.2. The normalized spacial score (nSPS) is 13.3. The first kappa shape index (κ1) is 19.0. The van der Waals surface area contributed by atoms with E-state index < -0.39 is 5.97 Å². The quantitative estimate of drug-likeness (QED) is 0.517. The van der Waals surface area contributed by atoms with Gasteiger partial charge in [0.2, 0.25) is 0 Å². The zero-order chi connectivity index (χ0) is 21.4. The van der Waals surface area contributed by atoms with Crippen LogP contribution in [0.1, 0.15) is 39.0 Å². The van der Waals surface area contributed by atoms with Crippen molar-refractivity contribution in [1.29, 1.82) is 0 Å². The van der Waals surface area contributed by atoms with E-state index in [4.69, 9.17) is 4.74 Å². The SMILES string of the molecule is CCOC(=O)c1nn(-c2ccccc2)c2c1CN(C(=O)c1ccc3nc[nH]c3c1)CC2. The summed E-state index contributed by atoms with van der Waals surface area (Å²) in [4.78, 5) is 34.8. The Balaban J connectivity index is 1.51. The lowest BCUT2D eigenvalue weighted by Gasteiger charge is -2.28. The van der Waals surface area contributed by atoms with Crippen LogP contribution in [0.25, 0.3) is 16.7 Å². The largest absolute Gasteiger partial charge is 0.461 e. The number of carbonyl (C=O) groups excluding carboxylic acids is 2. The summed E-state index contributed by atoms with van der Waals surface area (Å²) in [6.45, 7) is 2.86. The van der Waals surface area contributed by atoms with Crippen LogP contribution in [0.4, 0.5) is 0 Å². The van der Waals surface area contributed by atoms with Gasteiger partial charge >= 0.3 is 5.97 Å². The fourth-order valence-electron chi connectivity index (χ4n) is 3.99. The molecule has 1 aliphatic rings. The second-order valence-electron chi connectivity index (χ2n) is 7.35. The molecule has 0 spiro atoms. The molecule has 31 heavy (non-hydrogen) atoms. The predicted octanol–water partition coefficient (Wildman–Crippen LogP) is 3.12. The molecule has 2 aromatic heterocycles. The molecule has 0 bridgehead atoms. The molecule has 5 rings (SSSR count). The molecule has 0 saturated carbocycles. The van der Waals surface area contributed by atoms with Crippen LogP contribution in [0.15, 0.2) is 54.9 Å². The number of hydrogen-bond donors (Lipinski definition) is 1. The zero-order valence-electron chi connectivity index (χ0n) is 17.0. The van der Waals surface area contributed by atoms with E-state index in [0.717, 1.165) is 28.0 Å². The molecule has 1 aliphatic heterocycles. The Kier molecular flexibility index (Phi) is 4.74. The van der Waals surface area contributed by atoms with Gasteiger partial charge in [-0.15, -0.1) is 0 Å². The first-order valence-corrected chi connectivity index (χ1v) is 10.2. The van der Waals surface area contributed by atoms with E-state index in [9.17, 15) is 9.59 Å². The van der Waals surface area contributed by atoms with Gasteiger partial charge in [-0.25, -0.2) is 14.5 Å². The van der Waals surface area contributed by atoms with Gasteiger partial charge in [0.25, 0.3) is 5.91 Å². The molecule has 0 aliphatic carbocycles. The number of hydrogen-bond acceptors (Lipinski definition) is 5. The van der Waals surface area contributed by atoms with Crippen LogP contribution in [-0.4, -0.2) is 49.7 Å². The fourth-order valence-corrected chi connectivity index (χ4v) is 3.99. The molecular weight excluding hydrogens is 394 g/mol. The molecule has 0 unspecified atom stereocenters. The Hall–Kier alpha value is -3.94. The summed E-state index contributed by atoms with van der Waals surface area (Å²) in [5, 5.41) is 4.57. The van der Waals surface area contributed by atoms with E-state index in [1.54, 1.807) is 35.0 Å². The third kappa shape index (κ3) is 3.35. The highest BCUT2D eigenvalue weighted by Crippen LogP contribution is 2.27. The number of ether oxygens (including phenoxy) is 1. The lowest BCUT2D eigenvalue weighted by Crippen LogP contribution is -2.36. The summed E-state index contributed by atoms with van der Waals surface area (Å²) in [5.41, 5.74) is 5.01. The monoisotopic (exact) mass is 415 g/mol. The minimum Gasteiger partial charge on any atom is -0.461 e. The van der Waals surface area contributed by atoms with Gasteiger partial charge in [0.15, 0.2) is 5.69 Å². The Morgan fingerprint density at radius 2 is 2.00 bits per heavy atom. The predicted molar refractivity (Wildman–Crippen MR) is 114 cm³/mol. The van der Waals surface area contributed by atoms with Crippen LogP contribution >= 0.6 is 0 Å². The van der Waals surface area contributed by atoms with Crippen molar-refractivity contribution in [2.75, 3.05) is 13.2 Å². The van der Waals surface area contributed by atoms with E-state index in [0.29, 0.717) is 25.1 Å². The van der Waals surface area contributed by atoms with Gasteiger partial charge in [-0.2, -0.15) is 5.10 Å². The van der Waals surface area contributed by atoms with Gasteiger partial charge in [-0.3, -0.25) is 4.79 Å². The topological polar surface area (TPSA) is 93.1 Å². The minimum atomic E-state index is -0.471. The molecule has 156 valence electrons. The fraction of sp³-hybridized carbons (Fsp3) is 0.217. The lowest BCUT2D eigenvalue weighted by atomic mass is 10.0. The molecule has 0 fully saturated rings. The van der Waals surface area contributed by atoms with E-state index in [2.05, 4.69) is 15.1 Å². The van der Waals surface area contributed by atoms with Crippen molar-refractivity contribution in [1.82, 2.24) is 24.6 Å². The van der Waals surface area contributed by atoms with Crippen molar-refractivity contribution in [2.45, 2.75) is 19.9 Å². The second-order valence-corrected chi connectivity index (χ2v) is 7.35. The second kappa shape index (κ2) is 7.71. The molecule has 0 radical (unpaired) electrons. The Morgan fingerprint density at radius 3 is 2.81 bits per heavy atom. The van der Waals surface area contributed by atoms with Gasteiger partial charge in [0, 0.05) is 24.1 Å². The van der Waals surface area contributed by atoms with E-state index >= 15 is 0 Å². The number of rotatable bonds is 4. The van der Waals surface area contributed by atoms with Crippen LogP contribution in [0.5, 0.6) is 0 Å². The number of aromatic amines is 1. The van der Waals surface area contributed by atoms with Crippen LogP contribution in [0.2, 0.25) is 0 Å². The van der Waals surface area contributed by atoms with Crippen molar-refractivity contribution in [3.63, 3.8) is 0 Å². The lowest BCUT2D eigenvalue weighted by molar-refractivity contribution is 0.0513. The molecule has 1 amide bonds. The van der Waals surface area contributed by atoms with Crippen molar-refractivity contribution < 1.29 is 14.3 Å². The molecule has 0 saturated heterocycles. The van der Waals surface area contributed by atoms with Gasteiger partial charge < -0.3 is 14.6 Å². The summed E-state index contributed by atoms with van der Waals surface area (Å²) < 4.78 is 7.03. The maximum absolute atomic E-state index is 13.2. The molecule has 3 heterocycles. The van der Waals surface area contributed by atoms with E-state index in [-0.39, 0.29) is 18.2 Å². The third-order valence-corrected chi connectivity index (χ3v) is 5.48. The zero-order valence-corrected chi connectivity index (χ0v) is 17.0. The Labute approximate surface area is 178 Å². The summed E-state index contributed by atoms with van der Waals surface area (Å²) in [6, 6.07) is 15.1. The van der Waals surface area contributed by atoms with Crippen molar-refractivity contribution in [3.05, 3.63) is 77.4 Å². The number of fused-ring (bicyclic) bond motifs is 2. The van der Waals surface area contributed by atoms with Gasteiger partial charge in [-0.05, 0) is 37.3 Å². The maximum Gasteiger partial charge on any atom is 0.359 e. The average molecular weight is 415 g/mol. The summed E-state index contributed by atoms with van der Waals surface area (Å²) >= 11 is 0. The molecule has 4 aromatic rings. The minimum absolute atomic E-state index is 0.0931. The number of esters is 1. The number of nitrogens with zero attached hydrogens (tertiary/aromatic N) is 4. The van der Waals surface area contributed by atoms with Crippen molar-refractivity contribution >= 4 is 22.9 Å². The van der Waals surface area contributed by atoms with Gasteiger partial charge in [0.05, 0.1) is 41.9 Å². The first-order chi connectivity index (χ1) is 15.2. The summed E-state index contributed by atoms with van der Waals surface area (Å²) in [7, 11) is 0. The number of imidazole rings is 1. The average Bonchev–Trinajstić information content (AvgIpc) is 3.43. The van der Waals surface area contributed by atoms with Crippen LogP contribution in [0, 0.1) is 0 Å². The van der Waals surface area contributed by atoms with Crippen LogP contribution in [0.3, 0.4) is 0 Å². The molecular formula is C23H21N5O3. The number of H-pyrrole nitrogens is 1. The molecule has 8 nitrogen and oxygen atoms in total. The molecule has 0 atom stereocenters. The Bertz CT molecular complexity index is 1280. The third-order valence-electron chi connectivity index (χ3n) is 5.48. The first-order valence-electron chi connectivity index (χ1n) is 10.2. The highest BCUT2D eigenvalue weighted by Gasteiger charge is 2.31. The number of amides is 1. The van der Waals surface area contributed by atoms with Crippen molar-refractivity contribution in [3.8, 4) is 5.69 Å². The number of benzene rings is 2. The van der Waals surface area contributed by atoms with Crippen molar-refractivity contribution in [2.24, 2.45) is 0 Å². The van der Waals surface area contributed by atoms with E-state index in [1.165, 1.54) is 0 Å². The standard InChI is InChI=1S/C23H21N5O3/c1-2-31-23(30)21-17-13-27(22(29)15-8-9-18-19(12-15)25-14-24-18)11-10-20(17)28(26-21)16-6-4-3-5-7-16/h3-9,12,14H,2,10-11,13H2,1H3,(H,24,25). The number of para-hydroxylation sites is 1. The smallest absolute Gasteiger partial charge is 0.359 e. The van der Waals surface area contributed by atoms with E-state index in [1.807, 2.05) is 36.4 Å². The van der Waals surface area contributed by atoms with Crippen LogP contribution < -0.4 is 0 Å². The Morgan fingerprint density at radius 1 is 1.16 bits per heavy atom. The van der Waals surface area contributed by atoms with Crippen LogP contribution in [-0.2, 0) is 17.7 Å². The highest BCUT2D eigenvalue weighted by molar-refractivity contribution is 5.97. The van der Waals surface area contributed by atoms with Gasteiger partial charge in [-0.1, -0.05) is 18.2 Å². The molecule has 2 aromatic carbocycles. The summed E-state index contributed by atoms with van der Waals surface area (Å²) in [6.07, 6.45) is 2.20. The highest BCUT2D eigenvalue weighted by atomic mass is 16.5. The number of aromatic nitrogens is 4. The molecule has 8 heteroatoms. The summed E-state index contributed by atoms with van der Waals surface area (Å²) in [5.74, 6) is -0.564.